The number of amides is 2. The minimum Gasteiger partial charge on any atom is -0.308 e. The SMILES string of the molecule is Cc1cc(C)c(N2C(=O)c3cccc(-n4c5ccccc5c5ccc(-c6cncnc6)cc54)c3C2=O)c(C)c1. The monoisotopic (exact) mass is 508 g/mol. The maximum atomic E-state index is 14.1. The largest absolute Gasteiger partial charge is 0.308 e. The van der Waals surface area contributed by atoms with Crippen LogP contribution in [0, 0.1) is 20.8 Å². The Morgan fingerprint density at radius 1 is 0.667 bits per heavy atom. The van der Waals surface area contributed by atoms with Crippen LogP contribution in [0.2, 0.25) is 0 Å². The highest BCUT2D eigenvalue weighted by molar-refractivity contribution is 6.36. The Bertz CT molecular complexity index is 1970. The summed E-state index contributed by atoms with van der Waals surface area (Å²) in [6, 6.07) is 23.9. The third-order valence-electron chi connectivity index (χ3n) is 7.56. The van der Waals surface area contributed by atoms with Crippen LogP contribution in [0.25, 0.3) is 38.6 Å². The van der Waals surface area contributed by atoms with Gasteiger partial charge in [-0.25, -0.2) is 14.9 Å². The summed E-state index contributed by atoms with van der Waals surface area (Å²) in [6.45, 7) is 5.91. The Balaban J connectivity index is 1.50. The molecule has 3 heterocycles. The number of benzene rings is 4. The zero-order valence-electron chi connectivity index (χ0n) is 21.8. The van der Waals surface area contributed by atoms with Crippen molar-refractivity contribution in [3.63, 3.8) is 0 Å². The second kappa shape index (κ2) is 8.46. The van der Waals surface area contributed by atoms with Gasteiger partial charge in [-0.15, -0.1) is 0 Å². The molecule has 0 atom stereocenters. The van der Waals surface area contributed by atoms with E-state index in [1.54, 1.807) is 18.5 Å². The van der Waals surface area contributed by atoms with Gasteiger partial charge in [-0.05, 0) is 61.7 Å². The Hall–Kier alpha value is -5.10. The Morgan fingerprint density at radius 2 is 1.38 bits per heavy atom. The first-order valence-electron chi connectivity index (χ1n) is 12.8. The number of para-hydroxylation sites is 1. The number of carbonyl (C=O) groups is 2. The highest BCUT2D eigenvalue weighted by atomic mass is 16.2. The van der Waals surface area contributed by atoms with Crippen molar-refractivity contribution in [1.82, 2.24) is 14.5 Å². The number of anilines is 1. The Labute approximate surface area is 225 Å². The van der Waals surface area contributed by atoms with Crippen molar-refractivity contribution in [1.29, 1.82) is 0 Å². The number of hydrogen-bond acceptors (Lipinski definition) is 4. The van der Waals surface area contributed by atoms with E-state index in [9.17, 15) is 9.59 Å². The summed E-state index contributed by atoms with van der Waals surface area (Å²) >= 11 is 0. The van der Waals surface area contributed by atoms with Gasteiger partial charge < -0.3 is 4.57 Å². The van der Waals surface area contributed by atoms with Gasteiger partial charge in [0.25, 0.3) is 11.8 Å². The van der Waals surface area contributed by atoms with E-state index in [1.165, 1.54) is 11.2 Å². The summed E-state index contributed by atoms with van der Waals surface area (Å²) in [6.07, 6.45) is 5.08. The first-order chi connectivity index (χ1) is 18.9. The molecule has 1 aliphatic rings. The predicted molar refractivity (Wildman–Crippen MR) is 154 cm³/mol. The van der Waals surface area contributed by atoms with Crippen LogP contribution in [0.1, 0.15) is 37.4 Å². The fraction of sp³-hybridized carbons (Fsp3) is 0.0909. The molecule has 0 spiro atoms. The molecule has 6 aromatic rings. The lowest BCUT2D eigenvalue weighted by atomic mass is 10.0. The first-order valence-corrected chi connectivity index (χ1v) is 12.8. The summed E-state index contributed by atoms with van der Waals surface area (Å²) in [7, 11) is 0. The van der Waals surface area contributed by atoms with Gasteiger partial charge in [-0.1, -0.05) is 54.1 Å². The molecule has 188 valence electrons. The third kappa shape index (κ3) is 3.35. The first kappa shape index (κ1) is 23.0. The molecule has 2 aromatic heterocycles. The summed E-state index contributed by atoms with van der Waals surface area (Å²) in [5.74, 6) is -0.603. The summed E-state index contributed by atoms with van der Waals surface area (Å²) in [4.78, 5) is 37.6. The number of imide groups is 1. The van der Waals surface area contributed by atoms with Gasteiger partial charge in [0, 0.05) is 28.7 Å². The molecule has 7 rings (SSSR count). The lowest BCUT2D eigenvalue weighted by Gasteiger charge is -2.20. The molecule has 0 aliphatic carbocycles. The molecule has 0 bridgehead atoms. The van der Waals surface area contributed by atoms with Gasteiger partial charge >= 0.3 is 0 Å². The molecule has 4 aromatic carbocycles. The molecule has 6 heteroatoms. The molecule has 0 unspecified atom stereocenters. The summed E-state index contributed by atoms with van der Waals surface area (Å²) in [5, 5.41) is 2.13. The van der Waals surface area contributed by atoms with E-state index in [2.05, 4.69) is 38.8 Å². The van der Waals surface area contributed by atoms with E-state index in [0.29, 0.717) is 22.5 Å². The standard InChI is InChI=1S/C33H24N4O2/c1-19-13-20(2)31(21(3)14-19)37-32(38)26-8-6-10-28(30(26)33(37)39)36-27-9-5-4-7-24(27)25-12-11-22(15-29(25)36)23-16-34-18-35-17-23/h4-18H,1-3H3. The van der Waals surface area contributed by atoms with Gasteiger partial charge in [0.1, 0.15) is 6.33 Å². The number of fused-ring (bicyclic) bond motifs is 4. The van der Waals surface area contributed by atoms with Crippen LogP contribution in [0.3, 0.4) is 0 Å². The van der Waals surface area contributed by atoms with Gasteiger partial charge in [-0.3, -0.25) is 9.59 Å². The smallest absolute Gasteiger partial charge is 0.268 e. The van der Waals surface area contributed by atoms with Gasteiger partial charge in [-0.2, -0.15) is 0 Å². The van der Waals surface area contributed by atoms with E-state index < -0.39 is 0 Å². The highest BCUT2D eigenvalue weighted by Gasteiger charge is 2.40. The molecule has 0 radical (unpaired) electrons. The third-order valence-corrected chi connectivity index (χ3v) is 7.56. The molecule has 0 saturated heterocycles. The lowest BCUT2D eigenvalue weighted by Crippen LogP contribution is -2.31. The normalized spacial score (nSPS) is 13.1. The second-order valence-electron chi connectivity index (χ2n) is 10.1. The average molecular weight is 509 g/mol. The highest BCUT2D eigenvalue weighted by Crippen LogP contribution is 2.40. The molecule has 0 N–H and O–H groups in total. The molecule has 6 nitrogen and oxygen atoms in total. The zero-order valence-corrected chi connectivity index (χ0v) is 21.8. The van der Waals surface area contributed by atoms with Crippen LogP contribution < -0.4 is 4.90 Å². The van der Waals surface area contributed by atoms with Crippen LogP contribution in [-0.2, 0) is 0 Å². The number of carbonyl (C=O) groups excluding carboxylic acids is 2. The summed E-state index contributed by atoms with van der Waals surface area (Å²) in [5.41, 5.74) is 8.83. The van der Waals surface area contributed by atoms with Crippen molar-refractivity contribution < 1.29 is 9.59 Å². The predicted octanol–water partition coefficient (Wildman–Crippen LogP) is 6.97. The number of nitrogens with zero attached hydrogens (tertiary/aromatic N) is 4. The number of aromatic nitrogens is 3. The molecule has 2 amide bonds. The molecule has 0 saturated carbocycles. The van der Waals surface area contributed by atoms with E-state index >= 15 is 0 Å². The van der Waals surface area contributed by atoms with Crippen molar-refractivity contribution in [2.24, 2.45) is 0 Å². The molecular weight excluding hydrogens is 484 g/mol. The second-order valence-corrected chi connectivity index (χ2v) is 10.1. The fourth-order valence-corrected chi connectivity index (χ4v) is 6.04. The lowest BCUT2D eigenvalue weighted by molar-refractivity contribution is 0.0925. The van der Waals surface area contributed by atoms with E-state index in [0.717, 1.165) is 49.6 Å². The van der Waals surface area contributed by atoms with Crippen molar-refractivity contribution >= 4 is 39.3 Å². The van der Waals surface area contributed by atoms with E-state index in [-0.39, 0.29) is 11.8 Å². The van der Waals surface area contributed by atoms with Crippen molar-refractivity contribution in [2.75, 3.05) is 4.90 Å². The number of hydrogen-bond donors (Lipinski definition) is 0. The minimum atomic E-state index is -0.306. The van der Waals surface area contributed by atoms with E-state index in [4.69, 9.17) is 0 Å². The maximum absolute atomic E-state index is 14.1. The van der Waals surface area contributed by atoms with Crippen LogP contribution in [0.5, 0.6) is 0 Å². The molecular formula is C33H24N4O2. The minimum absolute atomic E-state index is 0.296. The number of aryl methyl sites for hydroxylation is 3. The number of rotatable bonds is 3. The summed E-state index contributed by atoms with van der Waals surface area (Å²) < 4.78 is 2.10. The Morgan fingerprint density at radius 3 is 2.15 bits per heavy atom. The van der Waals surface area contributed by atoms with E-state index in [1.807, 2.05) is 63.2 Å². The van der Waals surface area contributed by atoms with Crippen LogP contribution in [0.15, 0.2) is 91.5 Å². The fourth-order valence-electron chi connectivity index (χ4n) is 6.04. The van der Waals surface area contributed by atoms with Crippen LogP contribution in [0.4, 0.5) is 5.69 Å². The maximum Gasteiger partial charge on any atom is 0.268 e. The zero-order chi connectivity index (χ0) is 26.8. The van der Waals surface area contributed by atoms with Crippen molar-refractivity contribution in [3.8, 4) is 16.8 Å². The van der Waals surface area contributed by atoms with Crippen LogP contribution >= 0.6 is 0 Å². The van der Waals surface area contributed by atoms with Gasteiger partial charge in [0.15, 0.2) is 0 Å². The van der Waals surface area contributed by atoms with Gasteiger partial charge in [0.2, 0.25) is 0 Å². The van der Waals surface area contributed by atoms with Crippen molar-refractivity contribution in [3.05, 3.63) is 119 Å². The molecule has 1 aliphatic heterocycles. The Kier molecular flexibility index (Phi) is 5.00. The molecule has 0 fully saturated rings. The topological polar surface area (TPSA) is 68.1 Å². The van der Waals surface area contributed by atoms with Crippen LogP contribution in [-0.4, -0.2) is 26.3 Å². The van der Waals surface area contributed by atoms with Gasteiger partial charge in [0.05, 0.1) is 33.5 Å². The quantitative estimate of drug-likeness (QED) is 0.242. The average Bonchev–Trinajstić information content (AvgIpc) is 3.40. The molecule has 39 heavy (non-hydrogen) atoms. The van der Waals surface area contributed by atoms with Crippen molar-refractivity contribution in [2.45, 2.75) is 20.8 Å².